The van der Waals surface area contributed by atoms with Crippen molar-refractivity contribution in [3.05, 3.63) is 0 Å². The second-order valence-corrected chi connectivity index (χ2v) is 6.73. The van der Waals surface area contributed by atoms with Gasteiger partial charge in [0.2, 0.25) is 0 Å². The van der Waals surface area contributed by atoms with E-state index in [9.17, 15) is 0 Å². The molecule has 1 N–H and O–H groups in total. The zero-order chi connectivity index (χ0) is 15.1. The van der Waals surface area contributed by atoms with E-state index in [1.54, 1.807) is 0 Å². The van der Waals surface area contributed by atoms with Crippen molar-refractivity contribution in [2.24, 2.45) is 5.92 Å². The van der Waals surface area contributed by atoms with Crippen LogP contribution >= 0.6 is 0 Å². The van der Waals surface area contributed by atoms with Gasteiger partial charge in [-0.3, -0.25) is 4.90 Å². The highest BCUT2D eigenvalue weighted by atomic mass is 16.5. The zero-order valence-corrected chi connectivity index (χ0v) is 14.2. The van der Waals surface area contributed by atoms with E-state index in [4.69, 9.17) is 4.74 Å². The van der Waals surface area contributed by atoms with Crippen LogP contribution in [0.5, 0.6) is 0 Å². The van der Waals surface area contributed by atoms with E-state index < -0.39 is 0 Å². The van der Waals surface area contributed by atoms with Gasteiger partial charge in [-0.2, -0.15) is 0 Å². The Bertz CT molecular complexity index is 277. The van der Waals surface area contributed by atoms with Crippen LogP contribution in [-0.4, -0.2) is 100 Å². The first-order valence-corrected chi connectivity index (χ1v) is 8.59. The van der Waals surface area contributed by atoms with E-state index in [1.807, 2.05) is 0 Å². The van der Waals surface area contributed by atoms with E-state index in [1.165, 1.54) is 52.2 Å². The first-order valence-electron chi connectivity index (χ1n) is 8.59. The molecule has 0 bridgehead atoms. The van der Waals surface area contributed by atoms with Crippen molar-refractivity contribution < 1.29 is 4.74 Å². The lowest BCUT2D eigenvalue weighted by molar-refractivity contribution is 0.00889. The summed E-state index contributed by atoms with van der Waals surface area (Å²) in [5, 5.41) is 3.64. The summed E-state index contributed by atoms with van der Waals surface area (Å²) in [7, 11) is 4.31. The molecule has 2 rings (SSSR count). The molecular formula is C16H34N4O. The third-order valence-electron chi connectivity index (χ3n) is 4.76. The number of hydrogen-bond donors (Lipinski definition) is 1. The molecule has 124 valence electrons. The molecule has 0 aromatic rings. The maximum Gasteiger partial charge on any atom is 0.0521 e. The van der Waals surface area contributed by atoms with Crippen LogP contribution in [0, 0.1) is 5.92 Å². The Morgan fingerprint density at radius 1 is 1.14 bits per heavy atom. The molecule has 21 heavy (non-hydrogen) atoms. The summed E-state index contributed by atoms with van der Waals surface area (Å²) in [6.45, 7) is 13.5. The molecule has 0 aromatic carbocycles. The predicted molar refractivity (Wildman–Crippen MR) is 87.8 cm³/mol. The van der Waals surface area contributed by atoms with E-state index in [0.29, 0.717) is 12.0 Å². The van der Waals surface area contributed by atoms with Crippen molar-refractivity contribution in [2.45, 2.75) is 19.4 Å². The van der Waals surface area contributed by atoms with Crippen molar-refractivity contribution in [1.82, 2.24) is 20.0 Å². The van der Waals surface area contributed by atoms with E-state index in [2.05, 4.69) is 41.0 Å². The lowest BCUT2D eigenvalue weighted by atomic mass is 9.95. The Hall–Kier alpha value is -0.200. The van der Waals surface area contributed by atoms with Gasteiger partial charge in [0.1, 0.15) is 0 Å². The molecule has 5 nitrogen and oxygen atoms in total. The first kappa shape index (κ1) is 17.2. The van der Waals surface area contributed by atoms with Crippen LogP contribution in [0.4, 0.5) is 0 Å². The smallest absolute Gasteiger partial charge is 0.0521 e. The SMILES string of the molecule is CCNC1CCOCC1CN1CCN(CCN(C)C)CC1. The minimum atomic E-state index is 0.649. The summed E-state index contributed by atoms with van der Waals surface area (Å²) in [6, 6.07) is 0.649. The van der Waals surface area contributed by atoms with Gasteiger partial charge in [0.05, 0.1) is 6.61 Å². The van der Waals surface area contributed by atoms with E-state index in [0.717, 1.165) is 19.8 Å². The van der Waals surface area contributed by atoms with Crippen molar-refractivity contribution in [2.75, 3.05) is 79.7 Å². The quantitative estimate of drug-likeness (QED) is 0.725. The molecule has 0 spiro atoms. The fourth-order valence-electron chi connectivity index (χ4n) is 3.38. The van der Waals surface area contributed by atoms with Gasteiger partial charge in [-0.05, 0) is 27.1 Å². The van der Waals surface area contributed by atoms with Gasteiger partial charge in [0, 0.05) is 64.4 Å². The van der Waals surface area contributed by atoms with Crippen LogP contribution in [0.15, 0.2) is 0 Å². The summed E-state index contributed by atoms with van der Waals surface area (Å²) in [4.78, 5) is 7.50. The summed E-state index contributed by atoms with van der Waals surface area (Å²) in [5.74, 6) is 0.659. The zero-order valence-electron chi connectivity index (χ0n) is 14.2. The van der Waals surface area contributed by atoms with Gasteiger partial charge >= 0.3 is 0 Å². The summed E-state index contributed by atoms with van der Waals surface area (Å²) in [6.07, 6.45) is 1.17. The minimum Gasteiger partial charge on any atom is -0.381 e. The van der Waals surface area contributed by atoms with Crippen molar-refractivity contribution in [3.63, 3.8) is 0 Å². The number of likely N-dealkylation sites (N-methyl/N-ethyl adjacent to an activating group) is 1. The number of hydrogen-bond acceptors (Lipinski definition) is 5. The Morgan fingerprint density at radius 2 is 1.86 bits per heavy atom. The van der Waals surface area contributed by atoms with Crippen molar-refractivity contribution >= 4 is 0 Å². The average Bonchev–Trinajstić information content (AvgIpc) is 2.49. The highest BCUT2D eigenvalue weighted by molar-refractivity contribution is 4.83. The Labute approximate surface area is 130 Å². The topological polar surface area (TPSA) is 31.0 Å². The van der Waals surface area contributed by atoms with Crippen LogP contribution in [0.2, 0.25) is 0 Å². The molecule has 2 atom stereocenters. The largest absolute Gasteiger partial charge is 0.381 e. The number of piperazine rings is 1. The molecular weight excluding hydrogens is 264 g/mol. The summed E-state index contributed by atoms with van der Waals surface area (Å²) >= 11 is 0. The van der Waals surface area contributed by atoms with E-state index >= 15 is 0 Å². The van der Waals surface area contributed by atoms with Gasteiger partial charge < -0.3 is 19.9 Å². The van der Waals surface area contributed by atoms with E-state index in [-0.39, 0.29) is 0 Å². The molecule has 2 saturated heterocycles. The number of ether oxygens (including phenoxy) is 1. The highest BCUT2D eigenvalue weighted by Gasteiger charge is 2.28. The molecule has 0 aliphatic carbocycles. The Balaban J connectivity index is 1.69. The molecule has 0 amide bonds. The van der Waals surface area contributed by atoms with Crippen LogP contribution in [0.3, 0.4) is 0 Å². The molecule has 0 aromatic heterocycles. The summed E-state index contributed by atoms with van der Waals surface area (Å²) in [5.41, 5.74) is 0. The van der Waals surface area contributed by atoms with Gasteiger partial charge in [-0.1, -0.05) is 6.92 Å². The molecule has 0 radical (unpaired) electrons. The molecule has 0 saturated carbocycles. The fourth-order valence-corrected chi connectivity index (χ4v) is 3.38. The maximum absolute atomic E-state index is 5.70. The van der Waals surface area contributed by atoms with Crippen LogP contribution in [0.25, 0.3) is 0 Å². The standard InChI is InChI=1S/C16H34N4O/c1-4-17-16-5-12-21-14-15(16)13-20-10-8-19(9-11-20)7-6-18(2)3/h15-17H,4-14H2,1-3H3. The van der Waals surface area contributed by atoms with Crippen LogP contribution < -0.4 is 5.32 Å². The number of nitrogens with zero attached hydrogens (tertiary/aromatic N) is 3. The predicted octanol–water partition coefficient (Wildman–Crippen LogP) is 0.180. The Morgan fingerprint density at radius 3 is 2.52 bits per heavy atom. The second-order valence-electron chi connectivity index (χ2n) is 6.73. The fraction of sp³-hybridized carbons (Fsp3) is 1.00. The number of rotatable bonds is 7. The highest BCUT2D eigenvalue weighted by Crippen LogP contribution is 2.17. The number of nitrogens with one attached hydrogen (secondary N) is 1. The lowest BCUT2D eigenvalue weighted by Gasteiger charge is -2.40. The Kier molecular flexibility index (Phi) is 7.40. The summed E-state index contributed by atoms with van der Waals surface area (Å²) < 4.78 is 5.70. The molecule has 2 aliphatic rings. The van der Waals surface area contributed by atoms with Gasteiger partial charge in [-0.15, -0.1) is 0 Å². The molecule has 5 heteroatoms. The lowest BCUT2D eigenvalue weighted by Crippen LogP contribution is -2.53. The maximum atomic E-state index is 5.70. The molecule has 2 fully saturated rings. The van der Waals surface area contributed by atoms with Crippen LogP contribution in [-0.2, 0) is 4.74 Å². The monoisotopic (exact) mass is 298 g/mol. The van der Waals surface area contributed by atoms with Crippen molar-refractivity contribution in [3.8, 4) is 0 Å². The van der Waals surface area contributed by atoms with Gasteiger partial charge in [0.25, 0.3) is 0 Å². The van der Waals surface area contributed by atoms with Crippen LogP contribution in [0.1, 0.15) is 13.3 Å². The molecule has 2 unspecified atom stereocenters. The van der Waals surface area contributed by atoms with Gasteiger partial charge in [-0.25, -0.2) is 0 Å². The molecule has 2 aliphatic heterocycles. The van der Waals surface area contributed by atoms with Gasteiger partial charge in [0.15, 0.2) is 0 Å². The third-order valence-corrected chi connectivity index (χ3v) is 4.76. The van der Waals surface area contributed by atoms with Crippen molar-refractivity contribution in [1.29, 1.82) is 0 Å². The first-order chi connectivity index (χ1) is 10.2. The normalized spacial score (nSPS) is 29.1. The minimum absolute atomic E-state index is 0.649. The second kappa shape index (κ2) is 9.06. The third kappa shape index (κ3) is 5.83. The molecule has 2 heterocycles. The average molecular weight is 298 g/mol.